The number of hydroxylamine groups is 1. The van der Waals surface area contributed by atoms with Gasteiger partial charge in [0.25, 0.3) is 5.69 Å². The normalized spacial score (nSPS) is 10.7. The van der Waals surface area contributed by atoms with Crippen molar-refractivity contribution in [1.29, 1.82) is 0 Å². The maximum Gasteiger partial charge on any atom is 0.273 e. The molecule has 0 spiro atoms. The first kappa shape index (κ1) is 12.6. The van der Waals surface area contributed by atoms with Crippen LogP contribution in [0.2, 0.25) is 0 Å². The number of nitro benzene ring substituents is 1. The van der Waals surface area contributed by atoms with Crippen molar-refractivity contribution >= 4 is 5.69 Å². The standard InChI is InChI=1S/C11H16N2O3/c1-9(2)8-16-12-7-10-5-3-4-6-11(10)13(14)15/h3-6,9,12H,7-8H2,1-2H3. The zero-order valence-electron chi connectivity index (χ0n) is 9.47. The van der Waals surface area contributed by atoms with Gasteiger partial charge in [-0.3, -0.25) is 10.1 Å². The molecular formula is C11H16N2O3. The molecule has 0 bridgehead atoms. The van der Waals surface area contributed by atoms with Crippen molar-refractivity contribution < 1.29 is 9.76 Å². The van der Waals surface area contributed by atoms with Crippen LogP contribution in [0, 0.1) is 16.0 Å². The topological polar surface area (TPSA) is 64.4 Å². The minimum absolute atomic E-state index is 0.114. The second-order valence-electron chi connectivity index (χ2n) is 3.91. The molecule has 0 aromatic heterocycles. The van der Waals surface area contributed by atoms with E-state index < -0.39 is 0 Å². The molecular weight excluding hydrogens is 208 g/mol. The highest BCUT2D eigenvalue weighted by atomic mass is 16.6. The van der Waals surface area contributed by atoms with Gasteiger partial charge in [-0.25, -0.2) is 0 Å². The van der Waals surface area contributed by atoms with Gasteiger partial charge in [0.05, 0.1) is 18.1 Å². The molecule has 0 radical (unpaired) electrons. The number of benzene rings is 1. The van der Waals surface area contributed by atoms with Crippen LogP contribution >= 0.6 is 0 Å². The largest absolute Gasteiger partial charge is 0.301 e. The van der Waals surface area contributed by atoms with Crippen molar-refractivity contribution in [2.45, 2.75) is 20.4 Å². The van der Waals surface area contributed by atoms with Crippen LogP contribution in [-0.2, 0) is 11.4 Å². The smallest absolute Gasteiger partial charge is 0.273 e. The van der Waals surface area contributed by atoms with Crippen molar-refractivity contribution in [3.8, 4) is 0 Å². The van der Waals surface area contributed by atoms with E-state index in [0.29, 0.717) is 24.6 Å². The van der Waals surface area contributed by atoms with Gasteiger partial charge in [0, 0.05) is 11.6 Å². The number of rotatable bonds is 6. The van der Waals surface area contributed by atoms with Crippen LogP contribution in [0.4, 0.5) is 5.69 Å². The zero-order valence-corrected chi connectivity index (χ0v) is 9.47. The monoisotopic (exact) mass is 224 g/mol. The van der Waals surface area contributed by atoms with Crippen LogP contribution < -0.4 is 5.48 Å². The van der Waals surface area contributed by atoms with Crippen molar-refractivity contribution in [3.63, 3.8) is 0 Å². The van der Waals surface area contributed by atoms with Crippen LogP contribution in [0.3, 0.4) is 0 Å². The SMILES string of the molecule is CC(C)CONCc1ccccc1[N+](=O)[O-]. The molecule has 1 aromatic rings. The van der Waals surface area contributed by atoms with E-state index in [0.717, 1.165) is 0 Å². The van der Waals surface area contributed by atoms with Crippen LogP contribution in [0.25, 0.3) is 0 Å². The van der Waals surface area contributed by atoms with Gasteiger partial charge in [-0.15, -0.1) is 0 Å². The Morgan fingerprint density at radius 3 is 2.75 bits per heavy atom. The molecule has 0 aliphatic carbocycles. The lowest BCUT2D eigenvalue weighted by molar-refractivity contribution is -0.385. The molecule has 5 nitrogen and oxygen atoms in total. The summed E-state index contributed by atoms with van der Waals surface area (Å²) in [4.78, 5) is 15.5. The molecule has 88 valence electrons. The van der Waals surface area contributed by atoms with Crippen molar-refractivity contribution in [2.24, 2.45) is 5.92 Å². The lowest BCUT2D eigenvalue weighted by atomic mass is 10.2. The van der Waals surface area contributed by atoms with Gasteiger partial charge >= 0.3 is 0 Å². The van der Waals surface area contributed by atoms with Gasteiger partial charge in [0.2, 0.25) is 0 Å². The molecule has 0 heterocycles. The first-order valence-corrected chi connectivity index (χ1v) is 5.18. The van der Waals surface area contributed by atoms with E-state index in [2.05, 4.69) is 5.48 Å². The van der Waals surface area contributed by atoms with Gasteiger partial charge in [-0.05, 0) is 5.92 Å². The Morgan fingerprint density at radius 1 is 1.44 bits per heavy atom. The second kappa shape index (κ2) is 6.19. The Bertz CT molecular complexity index is 353. The number of nitrogens with one attached hydrogen (secondary N) is 1. The van der Waals surface area contributed by atoms with Gasteiger partial charge in [-0.1, -0.05) is 32.0 Å². The molecule has 0 fully saturated rings. The fourth-order valence-corrected chi connectivity index (χ4v) is 1.19. The third-order valence-corrected chi connectivity index (χ3v) is 1.97. The summed E-state index contributed by atoms with van der Waals surface area (Å²) in [6.45, 7) is 4.99. The second-order valence-corrected chi connectivity index (χ2v) is 3.91. The average molecular weight is 224 g/mol. The summed E-state index contributed by atoms with van der Waals surface area (Å²) in [7, 11) is 0. The first-order chi connectivity index (χ1) is 7.61. The molecule has 0 saturated heterocycles. The van der Waals surface area contributed by atoms with E-state index in [4.69, 9.17) is 4.84 Å². The van der Waals surface area contributed by atoms with Crippen LogP contribution in [-0.4, -0.2) is 11.5 Å². The fourth-order valence-electron chi connectivity index (χ4n) is 1.19. The molecule has 1 N–H and O–H groups in total. The minimum Gasteiger partial charge on any atom is -0.301 e. The molecule has 0 atom stereocenters. The Hall–Kier alpha value is -1.46. The predicted molar refractivity (Wildman–Crippen MR) is 60.7 cm³/mol. The number of hydrogen-bond acceptors (Lipinski definition) is 4. The van der Waals surface area contributed by atoms with Gasteiger partial charge in [0.1, 0.15) is 0 Å². The Labute approximate surface area is 94.5 Å². The van der Waals surface area contributed by atoms with Gasteiger partial charge in [-0.2, -0.15) is 5.48 Å². The number of hydrogen-bond donors (Lipinski definition) is 1. The summed E-state index contributed by atoms with van der Waals surface area (Å²) in [5, 5.41) is 10.7. The van der Waals surface area contributed by atoms with Gasteiger partial charge < -0.3 is 4.84 Å². The molecule has 0 aliphatic heterocycles. The summed E-state index contributed by atoms with van der Waals surface area (Å²) in [6, 6.07) is 6.62. The fraction of sp³-hybridized carbons (Fsp3) is 0.455. The molecule has 0 amide bonds. The van der Waals surface area contributed by atoms with Crippen LogP contribution in [0.1, 0.15) is 19.4 Å². The number of nitrogens with zero attached hydrogens (tertiary/aromatic N) is 1. The Morgan fingerprint density at radius 2 is 2.12 bits per heavy atom. The lowest BCUT2D eigenvalue weighted by Gasteiger charge is -2.08. The number of para-hydroxylation sites is 1. The summed E-state index contributed by atoms with van der Waals surface area (Å²) < 4.78 is 0. The van der Waals surface area contributed by atoms with Crippen LogP contribution in [0.15, 0.2) is 24.3 Å². The third-order valence-electron chi connectivity index (χ3n) is 1.97. The van der Waals surface area contributed by atoms with Crippen LogP contribution in [0.5, 0.6) is 0 Å². The number of nitro groups is 1. The highest BCUT2D eigenvalue weighted by Gasteiger charge is 2.11. The Kier molecular flexibility index (Phi) is 4.88. The third kappa shape index (κ3) is 3.96. The average Bonchev–Trinajstić information content (AvgIpc) is 2.24. The molecule has 16 heavy (non-hydrogen) atoms. The van der Waals surface area contributed by atoms with E-state index in [9.17, 15) is 10.1 Å². The van der Waals surface area contributed by atoms with Crippen molar-refractivity contribution in [3.05, 3.63) is 39.9 Å². The molecule has 0 unspecified atom stereocenters. The van der Waals surface area contributed by atoms with E-state index in [1.165, 1.54) is 6.07 Å². The lowest BCUT2D eigenvalue weighted by Crippen LogP contribution is -2.18. The van der Waals surface area contributed by atoms with E-state index in [1.807, 2.05) is 13.8 Å². The van der Waals surface area contributed by atoms with Crippen molar-refractivity contribution in [2.75, 3.05) is 6.61 Å². The molecule has 1 rings (SSSR count). The molecule has 0 saturated carbocycles. The van der Waals surface area contributed by atoms with E-state index in [-0.39, 0.29) is 10.6 Å². The zero-order chi connectivity index (χ0) is 12.0. The highest BCUT2D eigenvalue weighted by molar-refractivity contribution is 5.39. The molecule has 5 heteroatoms. The van der Waals surface area contributed by atoms with E-state index in [1.54, 1.807) is 18.2 Å². The predicted octanol–water partition coefficient (Wildman–Crippen LogP) is 2.27. The highest BCUT2D eigenvalue weighted by Crippen LogP contribution is 2.16. The minimum atomic E-state index is -0.389. The summed E-state index contributed by atoms with van der Waals surface area (Å²) in [5.74, 6) is 0.429. The van der Waals surface area contributed by atoms with E-state index >= 15 is 0 Å². The maximum atomic E-state index is 10.7. The first-order valence-electron chi connectivity index (χ1n) is 5.18. The maximum absolute atomic E-state index is 10.7. The quantitative estimate of drug-likeness (QED) is 0.457. The molecule has 0 aliphatic rings. The van der Waals surface area contributed by atoms with Gasteiger partial charge in [0.15, 0.2) is 0 Å². The molecule has 1 aromatic carbocycles. The Balaban J connectivity index is 2.50. The van der Waals surface area contributed by atoms with Crippen molar-refractivity contribution in [1.82, 2.24) is 5.48 Å². The summed E-state index contributed by atoms with van der Waals surface area (Å²) >= 11 is 0. The summed E-state index contributed by atoms with van der Waals surface area (Å²) in [6.07, 6.45) is 0. The summed E-state index contributed by atoms with van der Waals surface area (Å²) in [5.41, 5.74) is 3.46.